The predicted molar refractivity (Wildman–Crippen MR) is 90.3 cm³/mol. The summed E-state index contributed by atoms with van der Waals surface area (Å²) in [7, 11) is 0. The third kappa shape index (κ3) is 3.85. The summed E-state index contributed by atoms with van der Waals surface area (Å²) in [5.74, 6) is -0.159. The van der Waals surface area contributed by atoms with Gasteiger partial charge in [-0.15, -0.1) is 0 Å². The minimum atomic E-state index is -2.92. The number of benzene rings is 2. The van der Waals surface area contributed by atoms with Crippen LogP contribution < -0.4 is 4.74 Å². The average molecular weight is 370 g/mol. The van der Waals surface area contributed by atoms with Crippen LogP contribution in [0, 0.1) is 10.1 Å². The largest absolute Gasteiger partial charge is 0.488 e. The molecule has 0 aliphatic heterocycles. The molecule has 0 bridgehead atoms. The van der Waals surface area contributed by atoms with Gasteiger partial charge >= 0.3 is 0 Å². The lowest BCUT2D eigenvalue weighted by molar-refractivity contribution is -0.385. The van der Waals surface area contributed by atoms with Gasteiger partial charge in [-0.25, -0.2) is 0 Å². The lowest BCUT2D eigenvalue weighted by Gasteiger charge is -2.23. The molecule has 0 N–H and O–H groups in total. The first-order valence-electron chi connectivity index (χ1n) is 9.44. The highest BCUT2D eigenvalue weighted by atomic mass is 79.9. The summed E-state index contributed by atoms with van der Waals surface area (Å²) in [5, 5.41) is 11.3. The second kappa shape index (κ2) is 6.48. The number of nitro benzene ring substituents is 1. The highest BCUT2D eigenvalue weighted by Gasteiger charge is 2.24. The molecule has 0 aliphatic carbocycles. The normalized spacial score (nSPS) is 16.5. The standard InChI is InChI=1S/C17H18BrNO3/c1-17(2,3)13-9-14(18)15(19(20)21)10-16(13)22-11-12-7-5-4-6-8-12/h4-10H,11H2,1-3H3/i1D3,2D3. The summed E-state index contributed by atoms with van der Waals surface area (Å²) >= 11 is 3.04. The van der Waals surface area contributed by atoms with Crippen LogP contribution in [0.5, 0.6) is 5.75 Å². The Bertz CT molecular complexity index is 854. The Kier molecular flexibility index (Phi) is 2.95. The molecule has 0 saturated carbocycles. The van der Waals surface area contributed by atoms with Crippen LogP contribution in [0.3, 0.4) is 0 Å². The summed E-state index contributed by atoms with van der Waals surface area (Å²) in [5.41, 5.74) is -2.07. The van der Waals surface area contributed by atoms with Gasteiger partial charge in [-0.2, -0.15) is 0 Å². The molecule has 0 amide bonds. The van der Waals surface area contributed by atoms with Crippen molar-refractivity contribution in [2.75, 3.05) is 0 Å². The first kappa shape index (κ1) is 10.0. The van der Waals surface area contributed by atoms with E-state index in [1.807, 2.05) is 0 Å². The summed E-state index contributed by atoms with van der Waals surface area (Å²) in [6.45, 7) is -4.75. The first-order chi connectivity index (χ1) is 12.8. The summed E-state index contributed by atoms with van der Waals surface area (Å²) in [4.78, 5) is 10.6. The Balaban J connectivity index is 2.67. The maximum absolute atomic E-state index is 11.3. The second-order valence-corrected chi connectivity index (χ2v) is 5.81. The smallest absolute Gasteiger partial charge is 0.287 e. The van der Waals surface area contributed by atoms with Crippen LogP contribution in [0.25, 0.3) is 0 Å². The number of hydrogen-bond donors (Lipinski definition) is 0. The van der Waals surface area contributed by atoms with Crippen LogP contribution in [-0.2, 0) is 12.0 Å². The molecule has 0 unspecified atom stereocenters. The molecule has 4 nitrogen and oxygen atoms in total. The van der Waals surface area contributed by atoms with Gasteiger partial charge in [-0.3, -0.25) is 10.1 Å². The molecule has 0 radical (unpaired) electrons. The monoisotopic (exact) mass is 369 g/mol. The Labute approximate surface area is 146 Å². The molecule has 0 saturated heterocycles. The second-order valence-electron chi connectivity index (χ2n) is 4.96. The van der Waals surface area contributed by atoms with Gasteiger partial charge in [0.1, 0.15) is 12.4 Å². The number of halogens is 1. The van der Waals surface area contributed by atoms with Gasteiger partial charge in [-0.1, -0.05) is 51.0 Å². The van der Waals surface area contributed by atoms with Gasteiger partial charge in [0, 0.05) is 13.8 Å². The van der Waals surface area contributed by atoms with E-state index in [4.69, 9.17) is 13.0 Å². The van der Waals surface area contributed by atoms with Crippen LogP contribution in [0.1, 0.15) is 40.0 Å². The lowest BCUT2D eigenvalue weighted by Crippen LogP contribution is -2.14. The molecule has 0 aromatic heterocycles. The summed E-state index contributed by atoms with van der Waals surface area (Å²) in [6.07, 6.45) is 0. The Hall–Kier alpha value is -1.88. The fraction of sp³-hybridized carbons (Fsp3) is 0.294. The molecular formula is C17H18BrNO3. The van der Waals surface area contributed by atoms with Gasteiger partial charge in [0.15, 0.2) is 0 Å². The quantitative estimate of drug-likeness (QED) is 0.547. The fourth-order valence-corrected chi connectivity index (χ4v) is 2.42. The molecule has 116 valence electrons. The van der Waals surface area contributed by atoms with E-state index in [9.17, 15) is 10.1 Å². The molecule has 5 heteroatoms. The number of nitro groups is 1. The Morgan fingerprint density at radius 3 is 2.59 bits per heavy atom. The first-order valence-corrected chi connectivity index (χ1v) is 7.23. The Morgan fingerprint density at radius 1 is 1.32 bits per heavy atom. The predicted octanol–water partition coefficient (Wildman–Crippen LogP) is 5.23. The van der Waals surface area contributed by atoms with E-state index in [0.717, 1.165) is 24.6 Å². The number of nitrogens with zero attached hydrogens (tertiary/aromatic N) is 1. The zero-order valence-electron chi connectivity index (χ0n) is 17.8. The van der Waals surface area contributed by atoms with Gasteiger partial charge in [0.25, 0.3) is 5.69 Å². The summed E-state index contributed by atoms with van der Waals surface area (Å²) in [6, 6.07) is 11.1. The molecule has 0 heterocycles. The third-order valence-electron chi connectivity index (χ3n) is 3.02. The minimum Gasteiger partial charge on any atom is -0.488 e. The van der Waals surface area contributed by atoms with Crippen molar-refractivity contribution < 1.29 is 17.9 Å². The Morgan fingerprint density at radius 2 is 2.00 bits per heavy atom. The van der Waals surface area contributed by atoms with Crippen LogP contribution in [0.15, 0.2) is 46.9 Å². The maximum Gasteiger partial charge on any atom is 0.287 e. The zero-order chi connectivity index (χ0) is 21.3. The van der Waals surface area contributed by atoms with Crippen LogP contribution in [0.2, 0.25) is 0 Å². The maximum atomic E-state index is 11.3. The van der Waals surface area contributed by atoms with Crippen molar-refractivity contribution in [2.45, 2.75) is 32.6 Å². The van der Waals surface area contributed by atoms with Gasteiger partial charge in [0.2, 0.25) is 0 Å². The van der Waals surface area contributed by atoms with Crippen LogP contribution in [-0.4, -0.2) is 4.92 Å². The van der Waals surface area contributed by atoms with E-state index >= 15 is 0 Å². The van der Waals surface area contributed by atoms with E-state index in [-0.39, 0.29) is 28.1 Å². The van der Waals surface area contributed by atoms with Crippen LogP contribution >= 0.6 is 15.9 Å². The highest BCUT2D eigenvalue weighted by molar-refractivity contribution is 9.10. The van der Waals surface area contributed by atoms with Crippen molar-refractivity contribution in [3.63, 3.8) is 0 Å². The van der Waals surface area contributed by atoms with E-state index in [1.165, 1.54) is 0 Å². The molecule has 2 rings (SSSR count). The van der Waals surface area contributed by atoms with E-state index in [1.54, 1.807) is 30.3 Å². The van der Waals surface area contributed by atoms with Crippen molar-refractivity contribution in [3.05, 3.63) is 68.2 Å². The number of ether oxygens (including phenoxy) is 1. The van der Waals surface area contributed by atoms with Crippen molar-refractivity contribution >= 4 is 21.6 Å². The minimum absolute atomic E-state index is 0.00922. The van der Waals surface area contributed by atoms with Gasteiger partial charge in [-0.05, 0) is 33.0 Å². The molecule has 0 spiro atoms. The molecular weight excluding hydrogens is 346 g/mol. The summed E-state index contributed by atoms with van der Waals surface area (Å²) < 4.78 is 52.7. The number of hydrogen-bond acceptors (Lipinski definition) is 3. The molecule has 0 aliphatic rings. The third-order valence-corrected chi connectivity index (χ3v) is 3.66. The van der Waals surface area contributed by atoms with Gasteiger partial charge in [0.05, 0.1) is 15.5 Å². The van der Waals surface area contributed by atoms with Crippen LogP contribution in [0.4, 0.5) is 5.69 Å². The van der Waals surface area contributed by atoms with Crippen molar-refractivity contribution in [2.24, 2.45) is 0 Å². The SMILES string of the molecule is [2H]C([2H])([2H])C(C)(c1cc(Br)c([N+](=O)[O-])cc1OCc1ccccc1)C([2H])([2H])[2H]. The topological polar surface area (TPSA) is 52.4 Å². The van der Waals surface area contributed by atoms with Gasteiger partial charge < -0.3 is 4.74 Å². The molecule has 0 fully saturated rings. The van der Waals surface area contributed by atoms with E-state index < -0.39 is 24.0 Å². The molecule has 2 aromatic carbocycles. The van der Waals surface area contributed by atoms with Crippen molar-refractivity contribution in [1.29, 1.82) is 0 Å². The average Bonchev–Trinajstić information content (AvgIpc) is 2.58. The molecule has 22 heavy (non-hydrogen) atoms. The zero-order valence-corrected chi connectivity index (χ0v) is 13.4. The van der Waals surface area contributed by atoms with E-state index in [0.29, 0.717) is 0 Å². The molecule has 2 aromatic rings. The molecule has 0 atom stereocenters. The highest BCUT2D eigenvalue weighted by Crippen LogP contribution is 2.39. The van der Waals surface area contributed by atoms with E-state index in [2.05, 4.69) is 15.9 Å². The lowest BCUT2D eigenvalue weighted by atomic mass is 9.86. The fourth-order valence-electron chi connectivity index (χ4n) is 1.93. The van der Waals surface area contributed by atoms with Crippen molar-refractivity contribution in [1.82, 2.24) is 0 Å². The number of rotatable bonds is 4. The van der Waals surface area contributed by atoms with Crippen molar-refractivity contribution in [3.8, 4) is 5.75 Å².